The third-order valence-corrected chi connectivity index (χ3v) is 4.02. The van der Waals surface area contributed by atoms with Gasteiger partial charge in [0, 0.05) is 32.2 Å². The van der Waals surface area contributed by atoms with Gasteiger partial charge in [0.25, 0.3) is 0 Å². The Morgan fingerprint density at radius 2 is 2.22 bits per heavy atom. The molecule has 0 saturated carbocycles. The molecule has 2 rings (SSSR count). The van der Waals surface area contributed by atoms with Gasteiger partial charge in [0.05, 0.1) is 5.60 Å². The van der Waals surface area contributed by atoms with Gasteiger partial charge in [-0.3, -0.25) is 4.79 Å². The Morgan fingerprint density at radius 3 is 2.78 bits per heavy atom. The van der Waals surface area contributed by atoms with Gasteiger partial charge in [0.1, 0.15) is 6.61 Å². The smallest absolute Gasteiger partial charge is 0.248 e. The van der Waals surface area contributed by atoms with Crippen molar-refractivity contribution >= 4 is 5.91 Å². The number of likely N-dealkylation sites (N-methyl/N-ethyl adjacent to an activating group) is 1. The summed E-state index contributed by atoms with van der Waals surface area (Å²) in [6.07, 6.45) is 2.27. The molecule has 1 unspecified atom stereocenters. The zero-order chi connectivity index (χ0) is 13.2. The molecule has 5 nitrogen and oxygen atoms in total. The number of nitrogens with one attached hydrogen (secondary N) is 1. The Morgan fingerprint density at radius 1 is 1.50 bits per heavy atom. The van der Waals surface area contributed by atoms with Crippen LogP contribution in [-0.2, 0) is 9.53 Å². The van der Waals surface area contributed by atoms with Crippen molar-refractivity contribution in [2.75, 3.05) is 46.9 Å². The van der Waals surface area contributed by atoms with Crippen molar-refractivity contribution in [1.29, 1.82) is 0 Å². The molecule has 2 heterocycles. The molecular formula is C13H25N3O2. The molecule has 18 heavy (non-hydrogen) atoms. The summed E-state index contributed by atoms with van der Waals surface area (Å²) in [6, 6.07) is 0.489. The van der Waals surface area contributed by atoms with E-state index >= 15 is 0 Å². The van der Waals surface area contributed by atoms with Gasteiger partial charge >= 0.3 is 0 Å². The van der Waals surface area contributed by atoms with E-state index in [1.54, 1.807) is 0 Å². The predicted molar refractivity (Wildman–Crippen MR) is 70.5 cm³/mol. The molecule has 0 aromatic rings. The maximum absolute atomic E-state index is 12.1. The number of piperidine rings is 1. The van der Waals surface area contributed by atoms with Crippen molar-refractivity contribution < 1.29 is 9.53 Å². The Balaban J connectivity index is 1.77. The molecule has 2 aliphatic rings. The van der Waals surface area contributed by atoms with Crippen LogP contribution in [-0.4, -0.2) is 74.2 Å². The average molecular weight is 255 g/mol. The topological polar surface area (TPSA) is 44.8 Å². The number of hydrogen-bond donors (Lipinski definition) is 1. The van der Waals surface area contributed by atoms with Crippen molar-refractivity contribution in [3.05, 3.63) is 0 Å². The fourth-order valence-electron chi connectivity index (χ4n) is 2.51. The summed E-state index contributed by atoms with van der Waals surface area (Å²) in [5, 5.41) is 3.17. The molecule has 0 aromatic carbocycles. The van der Waals surface area contributed by atoms with Gasteiger partial charge < -0.3 is 19.9 Å². The second-order valence-corrected chi connectivity index (χ2v) is 5.94. The molecule has 0 aliphatic carbocycles. The quantitative estimate of drug-likeness (QED) is 0.763. The van der Waals surface area contributed by atoms with E-state index in [1.165, 1.54) is 6.42 Å². The summed E-state index contributed by atoms with van der Waals surface area (Å²) < 4.78 is 5.71. The highest BCUT2D eigenvalue weighted by molar-refractivity contribution is 5.77. The van der Waals surface area contributed by atoms with Crippen LogP contribution < -0.4 is 5.32 Å². The zero-order valence-corrected chi connectivity index (χ0v) is 11.7. The van der Waals surface area contributed by atoms with Crippen molar-refractivity contribution in [2.24, 2.45) is 0 Å². The minimum Gasteiger partial charge on any atom is -0.363 e. The van der Waals surface area contributed by atoms with Crippen LogP contribution in [0.15, 0.2) is 0 Å². The summed E-state index contributed by atoms with van der Waals surface area (Å²) >= 11 is 0. The van der Waals surface area contributed by atoms with Crippen LogP contribution in [0.3, 0.4) is 0 Å². The lowest BCUT2D eigenvalue weighted by Gasteiger charge is -2.40. The first-order valence-electron chi connectivity index (χ1n) is 6.79. The van der Waals surface area contributed by atoms with Crippen molar-refractivity contribution in [3.8, 4) is 0 Å². The predicted octanol–water partition coefficient (Wildman–Crippen LogP) is -0.0825. The monoisotopic (exact) mass is 255 g/mol. The molecule has 104 valence electrons. The number of amides is 1. The molecule has 1 atom stereocenters. The van der Waals surface area contributed by atoms with E-state index in [0.29, 0.717) is 6.04 Å². The fraction of sp³-hybridized carbons (Fsp3) is 0.923. The van der Waals surface area contributed by atoms with Crippen LogP contribution >= 0.6 is 0 Å². The molecular weight excluding hydrogens is 230 g/mol. The summed E-state index contributed by atoms with van der Waals surface area (Å²) in [7, 11) is 4.16. The number of ether oxygens (including phenoxy) is 1. The van der Waals surface area contributed by atoms with Crippen molar-refractivity contribution in [3.63, 3.8) is 0 Å². The Kier molecular flexibility index (Phi) is 4.25. The minimum absolute atomic E-state index is 0.133. The lowest BCUT2D eigenvalue weighted by molar-refractivity contribution is -0.147. The van der Waals surface area contributed by atoms with E-state index in [0.717, 1.165) is 32.6 Å². The molecule has 2 fully saturated rings. The summed E-state index contributed by atoms with van der Waals surface area (Å²) in [5.74, 6) is 0.134. The first kappa shape index (κ1) is 13.8. The molecule has 5 heteroatoms. The molecule has 2 aliphatic heterocycles. The van der Waals surface area contributed by atoms with Gasteiger partial charge in [-0.15, -0.1) is 0 Å². The van der Waals surface area contributed by atoms with E-state index in [2.05, 4.69) is 31.2 Å². The van der Waals surface area contributed by atoms with Crippen LogP contribution in [0.2, 0.25) is 0 Å². The molecule has 0 radical (unpaired) electrons. The number of rotatable bonds is 4. The lowest BCUT2D eigenvalue weighted by atomic mass is 10.0. The van der Waals surface area contributed by atoms with E-state index in [-0.39, 0.29) is 18.1 Å². The molecule has 1 amide bonds. The number of nitrogens with zero attached hydrogens (tertiary/aromatic N) is 2. The number of carbonyl (C=O) groups is 1. The second-order valence-electron chi connectivity index (χ2n) is 5.94. The van der Waals surface area contributed by atoms with Gasteiger partial charge in [0.2, 0.25) is 5.91 Å². The lowest BCUT2D eigenvalue weighted by Crippen LogP contribution is -2.60. The van der Waals surface area contributed by atoms with E-state index < -0.39 is 0 Å². The summed E-state index contributed by atoms with van der Waals surface area (Å²) in [5.41, 5.74) is -0.133. The van der Waals surface area contributed by atoms with E-state index in [1.807, 2.05) is 4.90 Å². The number of hydrogen-bond acceptors (Lipinski definition) is 4. The Labute approximate surface area is 109 Å². The van der Waals surface area contributed by atoms with Gasteiger partial charge in [-0.05, 0) is 33.9 Å². The molecule has 2 saturated heterocycles. The number of carbonyl (C=O) groups excluding carboxylic acids is 1. The average Bonchev–Trinajstić information content (AvgIpc) is 2.33. The second kappa shape index (κ2) is 5.55. The third kappa shape index (κ3) is 3.22. The van der Waals surface area contributed by atoms with Crippen LogP contribution in [0.4, 0.5) is 0 Å². The third-order valence-electron chi connectivity index (χ3n) is 4.02. The normalized spacial score (nSPS) is 27.1. The first-order valence-corrected chi connectivity index (χ1v) is 6.79. The zero-order valence-electron chi connectivity index (χ0n) is 11.7. The summed E-state index contributed by atoms with van der Waals surface area (Å²) in [4.78, 5) is 16.3. The van der Waals surface area contributed by atoms with Gasteiger partial charge in [-0.25, -0.2) is 0 Å². The van der Waals surface area contributed by atoms with Crippen LogP contribution in [0.1, 0.15) is 19.8 Å². The van der Waals surface area contributed by atoms with Crippen molar-refractivity contribution in [2.45, 2.75) is 31.4 Å². The van der Waals surface area contributed by atoms with Crippen molar-refractivity contribution in [1.82, 2.24) is 15.1 Å². The standard InChI is InChI=1S/C13H25N3O2/c1-13(9-14-10-13)18-8-12(17)16-6-4-5-11(7-16)15(2)3/h11,14H,4-10H2,1-3H3. The number of likely N-dealkylation sites (tertiary alicyclic amines) is 1. The highest BCUT2D eigenvalue weighted by atomic mass is 16.5. The van der Waals surface area contributed by atoms with E-state index in [9.17, 15) is 4.79 Å². The largest absolute Gasteiger partial charge is 0.363 e. The fourth-order valence-corrected chi connectivity index (χ4v) is 2.51. The van der Waals surface area contributed by atoms with Crippen LogP contribution in [0.5, 0.6) is 0 Å². The van der Waals surface area contributed by atoms with Gasteiger partial charge in [-0.1, -0.05) is 0 Å². The van der Waals surface area contributed by atoms with Gasteiger partial charge in [-0.2, -0.15) is 0 Å². The van der Waals surface area contributed by atoms with Gasteiger partial charge in [0.15, 0.2) is 0 Å². The first-order chi connectivity index (χ1) is 8.50. The highest BCUT2D eigenvalue weighted by Gasteiger charge is 2.34. The maximum Gasteiger partial charge on any atom is 0.248 e. The van der Waals surface area contributed by atoms with Crippen LogP contribution in [0, 0.1) is 0 Å². The maximum atomic E-state index is 12.1. The highest BCUT2D eigenvalue weighted by Crippen LogP contribution is 2.17. The molecule has 0 spiro atoms. The van der Waals surface area contributed by atoms with Crippen LogP contribution in [0.25, 0.3) is 0 Å². The Bertz CT molecular complexity index is 303. The van der Waals surface area contributed by atoms with E-state index in [4.69, 9.17) is 4.74 Å². The SMILES string of the molecule is CN(C)C1CCCN(C(=O)COC2(C)CNC2)C1. The molecule has 0 aromatic heterocycles. The Hall–Kier alpha value is -0.650. The molecule has 0 bridgehead atoms. The summed E-state index contributed by atoms with van der Waals surface area (Å²) in [6.45, 7) is 5.68. The minimum atomic E-state index is -0.133. The molecule has 1 N–H and O–H groups in total.